The first-order valence-electron chi connectivity index (χ1n) is 4.74. The van der Waals surface area contributed by atoms with Gasteiger partial charge in [-0.15, -0.1) is 0 Å². The fourth-order valence-electron chi connectivity index (χ4n) is 1.95. The van der Waals surface area contributed by atoms with Crippen LogP contribution < -0.4 is 0 Å². The average Bonchev–Trinajstić information content (AvgIpc) is 1.95. The van der Waals surface area contributed by atoms with Crippen LogP contribution in [-0.2, 0) is 4.79 Å². The molecule has 0 saturated carbocycles. The van der Waals surface area contributed by atoms with Crippen LogP contribution in [-0.4, -0.2) is 5.78 Å². The van der Waals surface area contributed by atoms with Crippen molar-refractivity contribution in [2.75, 3.05) is 0 Å². The summed E-state index contributed by atoms with van der Waals surface area (Å²) < 4.78 is 0. The van der Waals surface area contributed by atoms with Gasteiger partial charge in [0.15, 0.2) is 5.78 Å². The third-order valence-electron chi connectivity index (χ3n) is 2.67. The smallest absolute Gasteiger partial charge is 0.159 e. The van der Waals surface area contributed by atoms with Crippen LogP contribution in [0.4, 0.5) is 0 Å². The lowest BCUT2D eigenvalue weighted by atomic mass is 9.72. The second-order valence-electron chi connectivity index (χ2n) is 4.72. The van der Waals surface area contributed by atoms with Gasteiger partial charge in [0, 0.05) is 6.42 Å². The van der Waals surface area contributed by atoms with Gasteiger partial charge < -0.3 is 0 Å². The number of carbonyl (C=O) groups is 1. The van der Waals surface area contributed by atoms with Gasteiger partial charge in [0.1, 0.15) is 0 Å². The van der Waals surface area contributed by atoms with E-state index >= 15 is 0 Å². The third kappa shape index (κ3) is 1.90. The standard InChI is InChI=1S/C12H18O/c1-8(2)10-6-9(3)11(13)7-12(10,4)5/h6H,7H2,1-5H3. The van der Waals surface area contributed by atoms with Gasteiger partial charge in [0.2, 0.25) is 0 Å². The highest BCUT2D eigenvalue weighted by atomic mass is 16.1. The van der Waals surface area contributed by atoms with E-state index in [1.807, 2.05) is 13.0 Å². The lowest BCUT2D eigenvalue weighted by molar-refractivity contribution is -0.117. The molecule has 0 spiro atoms. The topological polar surface area (TPSA) is 17.1 Å². The number of carbonyl (C=O) groups excluding carboxylic acids is 1. The Balaban J connectivity index is 3.23. The monoisotopic (exact) mass is 178 g/mol. The van der Waals surface area contributed by atoms with E-state index in [4.69, 9.17) is 0 Å². The van der Waals surface area contributed by atoms with Gasteiger partial charge in [-0.25, -0.2) is 0 Å². The fraction of sp³-hybridized carbons (Fsp3) is 0.583. The number of ketones is 1. The molecule has 13 heavy (non-hydrogen) atoms. The molecule has 0 atom stereocenters. The van der Waals surface area contributed by atoms with Crippen LogP contribution in [0, 0.1) is 5.41 Å². The lowest BCUT2D eigenvalue weighted by Crippen LogP contribution is -2.24. The predicted octanol–water partition coefficient (Wildman–Crippen LogP) is 3.27. The van der Waals surface area contributed by atoms with Gasteiger partial charge in [-0.05, 0) is 37.3 Å². The predicted molar refractivity (Wildman–Crippen MR) is 55.5 cm³/mol. The molecule has 0 unspecified atom stereocenters. The molecule has 0 saturated heterocycles. The number of rotatable bonds is 0. The molecular formula is C12H18O. The van der Waals surface area contributed by atoms with E-state index < -0.39 is 0 Å². The summed E-state index contributed by atoms with van der Waals surface area (Å²) >= 11 is 0. The Kier molecular flexibility index (Phi) is 2.47. The van der Waals surface area contributed by atoms with Crippen LogP contribution in [0.15, 0.2) is 22.8 Å². The highest BCUT2D eigenvalue weighted by molar-refractivity contribution is 5.97. The maximum Gasteiger partial charge on any atom is 0.159 e. The van der Waals surface area contributed by atoms with Crippen molar-refractivity contribution in [1.82, 2.24) is 0 Å². The molecule has 0 heterocycles. The van der Waals surface area contributed by atoms with Crippen LogP contribution in [0.3, 0.4) is 0 Å². The summed E-state index contributed by atoms with van der Waals surface area (Å²) in [5.41, 5.74) is 3.56. The summed E-state index contributed by atoms with van der Waals surface area (Å²) in [4.78, 5) is 11.5. The SMILES string of the molecule is CC1=CC(=C(C)C)C(C)(C)CC1=O. The Hall–Kier alpha value is -0.850. The highest BCUT2D eigenvalue weighted by Gasteiger charge is 2.30. The lowest BCUT2D eigenvalue weighted by Gasteiger charge is -2.31. The molecule has 0 aromatic rings. The van der Waals surface area contributed by atoms with Gasteiger partial charge in [0.25, 0.3) is 0 Å². The van der Waals surface area contributed by atoms with E-state index in [9.17, 15) is 4.79 Å². The van der Waals surface area contributed by atoms with E-state index in [0.717, 1.165) is 5.57 Å². The van der Waals surface area contributed by atoms with E-state index in [-0.39, 0.29) is 11.2 Å². The molecule has 0 fully saturated rings. The summed E-state index contributed by atoms with van der Waals surface area (Å²) in [5.74, 6) is 0.287. The summed E-state index contributed by atoms with van der Waals surface area (Å²) in [6.07, 6.45) is 2.69. The molecule has 0 bridgehead atoms. The molecular weight excluding hydrogens is 160 g/mol. The first-order chi connectivity index (χ1) is 5.84. The molecule has 0 aliphatic heterocycles. The number of Topliss-reactive ketones (excluding diaryl/α,β-unsaturated/α-hetero) is 1. The van der Waals surface area contributed by atoms with Gasteiger partial charge in [-0.3, -0.25) is 4.79 Å². The van der Waals surface area contributed by atoms with Crippen LogP contribution in [0.2, 0.25) is 0 Å². The fourth-order valence-corrected chi connectivity index (χ4v) is 1.95. The summed E-state index contributed by atoms with van der Waals surface area (Å²) in [5, 5.41) is 0. The minimum absolute atomic E-state index is 0.0232. The van der Waals surface area contributed by atoms with Crippen LogP contribution in [0.5, 0.6) is 0 Å². The largest absolute Gasteiger partial charge is 0.295 e. The highest BCUT2D eigenvalue weighted by Crippen LogP contribution is 2.38. The van der Waals surface area contributed by atoms with Crippen molar-refractivity contribution in [2.24, 2.45) is 5.41 Å². The maximum atomic E-state index is 11.5. The van der Waals surface area contributed by atoms with Gasteiger partial charge in [0.05, 0.1) is 0 Å². The van der Waals surface area contributed by atoms with Crippen molar-refractivity contribution in [3.8, 4) is 0 Å². The molecule has 0 radical (unpaired) electrons. The number of allylic oxidation sites excluding steroid dienone is 4. The molecule has 0 amide bonds. The van der Waals surface area contributed by atoms with Crippen molar-refractivity contribution in [1.29, 1.82) is 0 Å². The number of hydrogen-bond acceptors (Lipinski definition) is 1. The third-order valence-corrected chi connectivity index (χ3v) is 2.67. The molecule has 1 rings (SSSR count). The Morgan fingerprint density at radius 2 is 1.92 bits per heavy atom. The van der Waals surface area contributed by atoms with Gasteiger partial charge in [-0.1, -0.05) is 25.5 Å². The molecule has 0 aromatic heterocycles. The first kappa shape index (κ1) is 10.2. The van der Waals surface area contributed by atoms with Crippen LogP contribution in [0.1, 0.15) is 41.0 Å². The van der Waals surface area contributed by atoms with Crippen LogP contribution >= 0.6 is 0 Å². The Morgan fingerprint density at radius 1 is 1.38 bits per heavy atom. The van der Waals surface area contributed by atoms with Crippen molar-refractivity contribution in [3.05, 3.63) is 22.8 Å². The van der Waals surface area contributed by atoms with Crippen molar-refractivity contribution < 1.29 is 4.79 Å². The normalized spacial score (nSPS) is 21.5. The summed E-state index contributed by atoms with van der Waals surface area (Å²) in [7, 11) is 0. The van der Waals surface area contributed by atoms with E-state index in [1.165, 1.54) is 11.1 Å². The maximum absolute atomic E-state index is 11.5. The van der Waals surface area contributed by atoms with E-state index in [2.05, 4.69) is 27.7 Å². The summed E-state index contributed by atoms with van der Waals surface area (Å²) in [6, 6.07) is 0. The second kappa shape index (κ2) is 3.13. The molecule has 1 heteroatoms. The second-order valence-corrected chi connectivity index (χ2v) is 4.72. The van der Waals surface area contributed by atoms with Gasteiger partial charge >= 0.3 is 0 Å². The number of hydrogen-bond donors (Lipinski definition) is 0. The molecule has 1 nitrogen and oxygen atoms in total. The molecule has 72 valence electrons. The molecule has 0 N–H and O–H groups in total. The Labute approximate surface area is 80.5 Å². The first-order valence-corrected chi connectivity index (χ1v) is 4.74. The molecule has 1 aliphatic rings. The average molecular weight is 178 g/mol. The molecule has 1 aliphatic carbocycles. The van der Waals surface area contributed by atoms with Crippen molar-refractivity contribution >= 4 is 5.78 Å². The van der Waals surface area contributed by atoms with Crippen molar-refractivity contribution in [3.63, 3.8) is 0 Å². The Bertz CT molecular complexity index is 299. The Morgan fingerprint density at radius 3 is 2.38 bits per heavy atom. The zero-order valence-electron chi connectivity index (χ0n) is 9.19. The van der Waals surface area contributed by atoms with Crippen LogP contribution in [0.25, 0.3) is 0 Å². The minimum atomic E-state index is 0.0232. The van der Waals surface area contributed by atoms with Gasteiger partial charge in [-0.2, -0.15) is 0 Å². The quantitative estimate of drug-likeness (QED) is 0.556. The van der Waals surface area contributed by atoms with E-state index in [1.54, 1.807) is 0 Å². The zero-order chi connectivity index (χ0) is 10.2. The zero-order valence-corrected chi connectivity index (χ0v) is 9.19. The van der Waals surface area contributed by atoms with Crippen molar-refractivity contribution in [2.45, 2.75) is 41.0 Å². The minimum Gasteiger partial charge on any atom is -0.295 e. The summed E-state index contributed by atoms with van der Waals surface area (Å²) in [6.45, 7) is 10.4. The van der Waals surface area contributed by atoms with E-state index in [0.29, 0.717) is 6.42 Å². The molecule has 0 aromatic carbocycles.